The zero-order valence-corrected chi connectivity index (χ0v) is 22.9. The Kier molecular flexibility index (Phi) is 8.06. The van der Waals surface area contributed by atoms with Crippen LogP contribution in [0.5, 0.6) is 0 Å². The van der Waals surface area contributed by atoms with E-state index >= 15 is 0 Å². The summed E-state index contributed by atoms with van der Waals surface area (Å²) in [4.78, 5) is 24.9. The van der Waals surface area contributed by atoms with Crippen LogP contribution in [0, 0.1) is 36.0 Å². The molecule has 2 N–H and O–H groups in total. The van der Waals surface area contributed by atoms with Crippen molar-refractivity contribution in [3.63, 3.8) is 0 Å². The Bertz CT molecular complexity index is 990. The fourth-order valence-corrected chi connectivity index (χ4v) is 7.11. The number of aliphatic carboxylic acids is 1. The number of ketones is 1. The molecule has 194 valence electrons. The van der Waals surface area contributed by atoms with Gasteiger partial charge in [-0.3, -0.25) is 9.59 Å². The smallest absolute Gasteiger partial charge is 0.306 e. The summed E-state index contributed by atoms with van der Waals surface area (Å²) >= 11 is 0. The van der Waals surface area contributed by atoms with Gasteiger partial charge in [-0.25, -0.2) is 0 Å². The largest absolute Gasteiger partial charge is 0.481 e. The minimum absolute atomic E-state index is 0.0427. The van der Waals surface area contributed by atoms with Crippen LogP contribution in [0.1, 0.15) is 95.9 Å². The quantitative estimate of drug-likeness (QED) is 0.377. The Labute approximate surface area is 212 Å². The van der Waals surface area contributed by atoms with Gasteiger partial charge in [0.2, 0.25) is 0 Å². The maximum absolute atomic E-state index is 12.5. The number of fused-ring (bicyclic) bond motifs is 3. The second-order valence-electron chi connectivity index (χ2n) is 12.4. The lowest BCUT2D eigenvalue weighted by atomic mass is 9.53. The molecule has 1 saturated carbocycles. The molecule has 0 heterocycles. The molecule has 1 aromatic rings. The molecule has 0 saturated heterocycles. The minimum atomic E-state index is -0.807. The van der Waals surface area contributed by atoms with Gasteiger partial charge in [0.1, 0.15) is 5.78 Å². The van der Waals surface area contributed by atoms with Crippen molar-refractivity contribution in [1.82, 2.24) is 0 Å². The number of aliphatic hydroxyl groups excluding tert-OH is 1. The maximum Gasteiger partial charge on any atom is 0.306 e. The van der Waals surface area contributed by atoms with Crippen LogP contribution in [-0.4, -0.2) is 28.1 Å². The monoisotopic (exact) mass is 482 g/mol. The van der Waals surface area contributed by atoms with Crippen molar-refractivity contribution < 1.29 is 19.8 Å². The number of carbonyl (C=O) groups is 2. The van der Waals surface area contributed by atoms with E-state index < -0.39 is 18.0 Å². The zero-order valence-electron chi connectivity index (χ0n) is 22.9. The summed E-state index contributed by atoms with van der Waals surface area (Å²) < 4.78 is 0. The third kappa shape index (κ3) is 4.88. The Morgan fingerprint density at radius 3 is 2.34 bits per heavy atom. The van der Waals surface area contributed by atoms with Crippen molar-refractivity contribution in [2.24, 2.45) is 29.1 Å². The molecule has 3 rings (SSSR count). The number of carboxylic acids is 1. The Hall–Kier alpha value is -1.94. The number of carbonyl (C=O) groups excluding carboxylic acids is 1. The van der Waals surface area contributed by atoms with Gasteiger partial charge in [-0.05, 0) is 79.0 Å². The van der Waals surface area contributed by atoms with E-state index in [0.717, 1.165) is 24.8 Å². The third-order valence-corrected chi connectivity index (χ3v) is 9.79. The Morgan fingerprint density at radius 1 is 1.11 bits per heavy atom. The van der Waals surface area contributed by atoms with Gasteiger partial charge >= 0.3 is 5.97 Å². The van der Waals surface area contributed by atoms with Crippen molar-refractivity contribution in [3.8, 4) is 0 Å². The lowest BCUT2D eigenvalue weighted by Gasteiger charge is -2.51. The SMILES string of the molecule is C=C(CC[C@@H](C(=O)O)[C@H]1[C@H](O)C[C@@]2(C)c3ccc(C)c(CCC(=O)C(C)C)c3CC[C@]12C)C(C)C. The summed E-state index contributed by atoms with van der Waals surface area (Å²) in [5.74, 6) is -1.05. The number of benzene rings is 1. The fraction of sp³-hybridized carbons (Fsp3) is 0.677. The second-order valence-corrected chi connectivity index (χ2v) is 12.4. The number of Topliss-reactive ketones (excluding diaryl/α,β-unsaturated/α-hetero) is 1. The molecule has 0 aromatic heterocycles. The summed E-state index contributed by atoms with van der Waals surface area (Å²) in [5, 5.41) is 21.7. The molecule has 0 bridgehead atoms. The van der Waals surface area contributed by atoms with E-state index in [2.05, 4.69) is 53.3 Å². The first-order valence-corrected chi connectivity index (χ1v) is 13.5. The van der Waals surface area contributed by atoms with Gasteiger partial charge in [0.15, 0.2) is 0 Å². The van der Waals surface area contributed by atoms with Gasteiger partial charge in [-0.1, -0.05) is 65.8 Å². The molecule has 4 nitrogen and oxygen atoms in total. The number of aliphatic hydroxyl groups is 1. The summed E-state index contributed by atoms with van der Waals surface area (Å²) in [7, 11) is 0. The number of carboxylic acid groups (broad SMARTS) is 1. The van der Waals surface area contributed by atoms with Crippen LogP contribution < -0.4 is 0 Å². The molecule has 1 aromatic carbocycles. The fourth-order valence-electron chi connectivity index (χ4n) is 7.11. The number of allylic oxidation sites excluding steroid dienone is 1. The molecule has 0 unspecified atom stereocenters. The Morgan fingerprint density at radius 2 is 1.77 bits per heavy atom. The van der Waals surface area contributed by atoms with E-state index in [0.29, 0.717) is 31.6 Å². The first kappa shape index (κ1) is 27.6. The highest BCUT2D eigenvalue weighted by atomic mass is 16.4. The van der Waals surface area contributed by atoms with E-state index in [4.69, 9.17) is 0 Å². The number of hydrogen-bond acceptors (Lipinski definition) is 3. The molecule has 1 fully saturated rings. The number of rotatable bonds is 10. The standard InChI is InChI=1S/C31H46O4/c1-18(2)20(5)9-11-24(29(34)35)28-27(33)17-31(8)25-13-10-21(6)22(12-14-26(32)19(3)4)23(25)15-16-30(28,31)7/h10,13,18-19,24,27-28,33H,5,9,11-12,14-17H2,1-4,6-8H3,(H,34,35)/t24-,27-,28+,30-,31+/m1/s1. The second kappa shape index (κ2) is 10.2. The molecule has 4 heteroatoms. The topological polar surface area (TPSA) is 74.6 Å². The van der Waals surface area contributed by atoms with E-state index in [1.807, 2.05) is 13.8 Å². The first-order chi connectivity index (χ1) is 16.2. The van der Waals surface area contributed by atoms with Crippen LogP contribution in [0.2, 0.25) is 0 Å². The van der Waals surface area contributed by atoms with Gasteiger partial charge in [-0.15, -0.1) is 0 Å². The predicted octanol–water partition coefficient (Wildman–Crippen LogP) is 6.44. The Balaban J connectivity index is 1.98. The molecular formula is C31H46O4. The van der Waals surface area contributed by atoms with E-state index in [1.165, 1.54) is 22.3 Å². The minimum Gasteiger partial charge on any atom is -0.481 e. The molecule has 0 aliphatic heterocycles. The van der Waals surface area contributed by atoms with Crippen LogP contribution in [0.4, 0.5) is 0 Å². The highest BCUT2D eigenvalue weighted by molar-refractivity contribution is 5.80. The van der Waals surface area contributed by atoms with Crippen molar-refractivity contribution in [1.29, 1.82) is 0 Å². The predicted molar refractivity (Wildman–Crippen MR) is 142 cm³/mol. The van der Waals surface area contributed by atoms with Crippen molar-refractivity contribution in [3.05, 3.63) is 46.5 Å². The summed E-state index contributed by atoms with van der Waals surface area (Å²) in [6.07, 6.45) is 4.12. The number of aryl methyl sites for hydroxylation is 1. The van der Waals surface area contributed by atoms with Gasteiger partial charge in [0.05, 0.1) is 12.0 Å². The van der Waals surface area contributed by atoms with Crippen molar-refractivity contribution in [2.45, 2.75) is 105 Å². The van der Waals surface area contributed by atoms with Crippen LogP contribution in [0.3, 0.4) is 0 Å². The zero-order chi connectivity index (χ0) is 26.3. The van der Waals surface area contributed by atoms with Crippen LogP contribution in [0.15, 0.2) is 24.3 Å². The molecule has 35 heavy (non-hydrogen) atoms. The van der Waals surface area contributed by atoms with Gasteiger partial charge in [0.25, 0.3) is 0 Å². The third-order valence-electron chi connectivity index (χ3n) is 9.79. The van der Waals surface area contributed by atoms with Gasteiger partial charge in [-0.2, -0.15) is 0 Å². The lowest BCUT2D eigenvalue weighted by Crippen LogP contribution is -2.48. The summed E-state index contributed by atoms with van der Waals surface area (Å²) in [6, 6.07) is 4.37. The highest BCUT2D eigenvalue weighted by Gasteiger charge is 2.63. The van der Waals surface area contributed by atoms with Crippen LogP contribution >= 0.6 is 0 Å². The first-order valence-electron chi connectivity index (χ1n) is 13.5. The molecule has 2 aliphatic carbocycles. The maximum atomic E-state index is 12.5. The summed E-state index contributed by atoms with van der Waals surface area (Å²) in [5.41, 5.74) is 5.52. The van der Waals surface area contributed by atoms with Crippen molar-refractivity contribution >= 4 is 11.8 Å². The van der Waals surface area contributed by atoms with Crippen molar-refractivity contribution in [2.75, 3.05) is 0 Å². The molecular weight excluding hydrogens is 436 g/mol. The molecule has 2 aliphatic rings. The van der Waals surface area contributed by atoms with Crippen LogP contribution in [-0.2, 0) is 27.8 Å². The van der Waals surface area contributed by atoms with Gasteiger partial charge in [0, 0.05) is 23.7 Å². The summed E-state index contributed by atoms with van der Waals surface area (Å²) in [6.45, 7) is 18.8. The van der Waals surface area contributed by atoms with Crippen LogP contribution in [0.25, 0.3) is 0 Å². The van der Waals surface area contributed by atoms with E-state index in [9.17, 15) is 19.8 Å². The average Bonchev–Trinajstić information content (AvgIpc) is 2.98. The number of hydrogen-bond donors (Lipinski definition) is 2. The average molecular weight is 483 g/mol. The van der Waals surface area contributed by atoms with E-state index in [1.54, 1.807) is 0 Å². The molecule has 5 atom stereocenters. The lowest BCUT2D eigenvalue weighted by molar-refractivity contribution is -0.148. The molecule has 0 radical (unpaired) electrons. The highest BCUT2D eigenvalue weighted by Crippen LogP contribution is 2.64. The normalized spacial score (nSPS) is 28.6. The van der Waals surface area contributed by atoms with E-state index in [-0.39, 0.29) is 28.4 Å². The molecule has 0 amide bonds. The molecule has 0 spiro atoms. The van der Waals surface area contributed by atoms with Gasteiger partial charge < -0.3 is 10.2 Å².